The second-order valence-corrected chi connectivity index (χ2v) is 10.1. The number of hydrogen-bond donors (Lipinski definition) is 2. The first-order chi connectivity index (χ1) is 19.9. The van der Waals surface area contributed by atoms with Crippen molar-refractivity contribution in [1.82, 2.24) is 10.3 Å². The number of rotatable bonds is 9. The van der Waals surface area contributed by atoms with Crippen molar-refractivity contribution in [3.05, 3.63) is 71.5 Å². The highest BCUT2D eigenvalue weighted by Gasteiger charge is 2.52. The van der Waals surface area contributed by atoms with Gasteiger partial charge in [-0.15, -0.1) is 0 Å². The Morgan fingerprint density at radius 1 is 1.05 bits per heavy atom. The van der Waals surface area contributed by atoms with Gasteiger partial charge in [0.1, 0.15) is 23.9 Å². The molecule has 5 rings (SSSR count). The number of carbonyl (C=O) groups is 3. The van der Waals surface area contributed by atoms with Gasteiger partial charge in [-0.05, 0) is 54.8 Å². The maximum Gasteiger partial charge on any atom is 0.405 e. The minimum Gasteiger partial charge on any atom is -0.469 e. The Bertz CT molecular complexity index is 1690. The van der Waals surface area contributed by atoms with Crippen LogP contribution in [0.2, 0.25) is 0 Å². The normalized spacial score (nSPS) is 14.0. The fourth-order valence-corrected chi connectivity index (χ4v) is 4.81. The van der Waals surface area contributed by atoms with E-state index in [0.717, 1.165) is 0 Å². The van der Waals surface area contributed by atoms with Gasteiger partial charge in [-0.1, -0.05) is 18.2 Å². The van der Waals surface area contributed by atoms with Crippen LogP contribution in [-0.2, 0) is 9.53 Å². The van der Waals surface area contributed by atoms with Crippen molar-refractivity contribution in [2.45, 2.75) is 25.4 Å². The summed E-state index contributed by atoms with van der Waals surface area (Å²) in [5, 5.41) is 5.00. The van der Waals surface area contributed by atoms with Crippen molar-refractivity contribution >= 4 is 34.6 Å². The van der Waals surface area contributed by atoms with Crippen LogP contribution in [0.3, 0.4) is 0 Å². The summed E-state index contributed by atoms with van der Waals surface area (Å²) < 4.78 is 63.9. The van der Waals surface area contributed by atoms with Crippen molar-refractivity contribution in [2.24, 2.45) is 5.41 Å². The number of methoxy groups -OCH3 is 1. The van der Waals surface area contributed by atoms with Gasteiger partial charge in [0.2, 0.25) is 5.71 Å². The van der Waals surface area contributed by atoms with Gasteiger partial charge in [0, 0.05) is 30.2 Å². The number of anilines is 1. The van der Waals surface area contributed by atoms with E-state index in [0.29, 0.717) is 24.0 Å². The highest BCUT2D eigenvalue weighted by atomic mass is 19.4. The fourth-order valence-electron chi connectivity index (χ4n) is 4.81. The standard InChI is InChI=1S/C30H25F4N3O5/c1-35-26(39)23-21-13-20(17-4-3-5-18(12-17)22(38)14-29(10-11-29)28(40)41-2)25(36-15-30(32,33)34)37-27(21)42-24(23)16-6-8-19(31)9-7-16/h3-9,12-13H,10-11,14-15H2,1-2H3,(H,35,39)(H,36,37). The van der Waals surface area contributed by atoms with E-state index in [1.165, 1.54) is 50.6 Å². The third-order valence-corrected chi connectivity index (χ3v) is 7.17. The number of pyridine rings is 1. The number of halogens is 4. The number of hydrogen-bond acceptors (Lipinski definition) is 7. The zero-order chi connectivity index (χ0) is 30.2. The van der Waals surface area contributed by atoms with Crippen LogP contribution in [0.5, 0.6) is 0 Å². The molecule has 1 amide bonds. The summed E-state index contributed by atoms with van der Waals surface area (Å²) in [5.41, 5.74) is 0.181. The van der Waals surface area contributed by atoms with Gasteiger partial charge in [0.25, 0.3) is 5.91 Å². The van der Waals surface area contributed by atoms with Gasteiger partial charge >= 0.3 is 12.1 Å². The summed E-state index contributed by atoms with van der Waals surface area (Å²) >= 11 is 0. The van der Waals surface area contributed by atoms with E-state index in [1.807, 2.05) is 0 Å². The monoisotopic (exact) mass is 583 g/mol. The zero-order valence-corrected chi connectivity index (χ0v) is 22.5. The smallest absolute Gasteiger partial charge is 0.405 e. The van der Waals surface area contributed by atoms with E-state index >= 15 is 0 Å². The van der Waals surface area contributed by atoms with E-state index < -0.39 is 35.8 Å². The van der Waals surface area contributed by atoms with E-state index in [9.17, 15) is 31.9 Å². The molecule has 4 aromatic rings. The molecule has 12 heteroatoms. The Morgan fingerprint density at radius 3 is 2.38 bits per heavy atom. The minimum absolute atomic E-state index is 0.0520. The van der Waals surface area contributed by atoms with Crippen LogP contribution in [0.15, 0.2) is 59.0 Å². The molecule has 2 aromatic carbocycles. The molecule has 0 saturated heterocycles. The van der Waals surface area contributed by atoms with E-state index in [4.69, 9.17) is 9.15 Å². The summed E-state index contributed by atoms with van der Waals surface area (Å²) in [7, 11) is 2.66. The van der Waals surface area contributed by atoms with Crippen molar-refractivity contribution in [3.63, 3.8) is 0 Å². The summed E-state index contributed by atoms with van der Waals surface area (Å²) in [6.07, 6.45) is -3.59. The number of ether oxygens (including phenoxy) is 1. The van der Waals surface area contributed by atoms with Gasteiger partial charge in [-0.3, -0.25) is 14.4 Å². The molecule has 0 atom stereocenters. The summed E-state index contributed by atoms with van der Waals surface area (Å²) in [6, 6.07) is 12.8. The molecule has 1 aliphatic carbocycles. The molecule has 1 aliphatic rings. The summed E-state index contributed by atoms with van der Waals surface area (Å²) in [4.78, 5) is 42.6. The number of Topliss-reactive ketones (excluding diaryl/α,β-unsaturated/α-hetero) is 1. The molecule has 0 radical (unpaired) electrons. The van der Waals surface area contributed by atoms with E-state index in [2.05, 4.69) is 15.6 Å². The quantitative estimate of drug-likeness (QED) is 0.138. The summed E-state index contributed by atoms with van der Waals surface area (Å²) in [5.74, 6) is -1.99. The SMILES string of the molecule is CNC(=O)c1c(-c2ccc(F)cc2)oc2nc(NCC(F)(F)F)c(-c3cccc(C(=O)CC4(C(=O)OC)CC4)c3)cc12. The van der Waals surface area contributed by atoms with Crippen LogP contribution in [-0.4, -0.2) is 49.5 Å². The number of benzene rings is 2. The number of carbonyl (C=O) groups excluding carboxylic acids is 3. The molecular formula is C30H25F4N3O5. The van der Waals surface area contributed by atoms with Gasteiger partial charge in [-0.2, -0.15) is 18.2 Å². The number of aromatic nitrogens is 1. The van der Waals surface area contributed by atoms with Crippen molar-refractivity contribution in [1.29, 1.82) is 0 Å². The number of fused-ring (bicyclic) bond motifs is 1. The lowest BCUT2D eigenvalue weighted by Crippen LogP contribution is -2.22. The molecular weight excluding hydrogens is 558 g/mol. The van der Waals surface area contributed by atoms with Crippen LogP contribution >= 0.6 is 0 Å². The van der Waals surface area contributed by atoms with Crippen LogP contribution in [0, 0.1) is 11.2 Å². The number of amides is 1. The molecule has 2 aromatic heterocycles. The first kappa shape index (κ1) is 28.8. The summed E-state index contributed by atoms with van der Waals surface area (Å²) in [6.45, 7) is -1.41. The maximum absolute atomic E-state index is 13.6. The first-order valence-electron chi connectivity index (χ1n) is 12.9. The topological polar surface area (TPSA) is 111 Å². The molecule has 1 saturated carbocycles. The number of nitrogens with one attached hydrogen (secondary N) is 2. The molecule has 8 nitrogen and oxygen atoms in total. The molecule has 42 heavy (non-hydrogen) atoms. The average molecular weight is 584 g/mol. The van der Waals surface area contributed by atoms with Crippen molar-refractivity contribution in [3.8, 4) is 22.5 Å². The molecule has 218 valence electrons. The van der Waals surface area contributed by atoms with E-state index in [-0.39, 0.29) is 51.6 Å². The Kier molecular flexibility index (Phi) is 7.48. The molecule has 0 spiro atoms. The zero-order valence-electron chi connectivity index (χ0n) is 22.5. The Hall–Kier alpha value is -4.74. The third-order valence-electron chi connectivity index (χ3n) is 7.17. The van der Waals surface area contributed by atoms with Gasteiger partial charge in [0.05, 0.1) is 23.5 Å². The number of alkyl halides is 3. The third kappa shape index (κ3) is 5.69. The first-order valence-corrected chi connectivity index (χ1v) is 12.9. The second-order valence-electron chi connectivity index (χ2n) is 10.1. The van der Waals surface area contributed by atoms with Crippen LogP contribution in [0.1, 0.15) is 40.0 Å². The highest BCUT2D eigenvalue weighted by Crippen LogP contribution is 2.50. The van der Waals surface area contributed by atoms with Crippen LogP contribution in [0.25, 0.3) is 33.6 Å². The Balaban J connectivity index is 1.64. The van der Waals surface area contributed by atoms with Gasteiger partial charge in [-0.25, -0.2) is 4.39 Å². The largest absolute Gasteiger partial charge is 0.469 e. The van der Waals surface area contributed by atoms with Crippen LogP contribution < -0.4 is 10.6 Å². The van der Waals surface area contributed by atoms with Gasteiger partial charge < -0.3 is 19.8 Å². The minimum atomic E-state index is -4.58. The lowest BCUT2D eigenvalue weighted by atomic mass is 9.93. The van der Waals surface area contributed by atoms with Crippen LogP contribution in [0.4, 0.5) is 23.4 Å². The highest BCUT2D eigenvalue weighted by molar-refractivity contribution is 6.11. The molecule has 0 bridgehead atoms. The molecule has 0 unspecified atom stereocenters. The maximum atomic E-state index is 13.6. The predicted molar refractivity (Wildman–Crippen MR) is 145 cm³/mol. The lowest BCUT2D eigenvalue weighted by Gasteiger charge is -2.15. The lowest BCUT2D eigenvalue weighted by molar-refractivity contribution is -0.147. The van der Waals surface area contributed by atoms with Crippen molar-refractivity contribution in [2.75, 3.05) is 26.0 Å². The number of nitrogens with zero attached hydrogens (tertiary/aromatic N) is 1. The second kappa shape index (κ2) is 10.9. The molecule has 1 fully saturated rings. The number of esters is 1. The fraction of sp³-hybridized carbons (Fsp3) is 0.267. The predicted octanol–water partition coefficient (Wildman–Crippen LogP) is 6.16. The van der Waals surface area contributed by atoms with Crippen molar-refractivity contribution < 1.29 is 41.1 Å². The molecule has 2 N–H and O–H groups in total. The Morgan fingerprint density at radius 2 is 1.76 bits per heavy atom. The number of ketones is 1. The average Bonchev–Trinajstić information content (AvgIpc) is 3.66. The number of furan rings is 1. The molecule has 2 heterocycles. The van der Waals surface area contributed by atoms with E-state index in [1.54, 1.807) is 18.2 Å². The Labute approximate surface area is 237 Å². The van der Waals surface area contributed by atoms with Gasteiger partial charge in [0.15, 0.2) is 5.78 Å². The molecule has 0 aliphatic heterocycles.